The van der Waals surface area contributed by atoms with Crippen LogP contribution in [0.3, 0.4) is 0 Å². The molecule has 0 radical (unpaired) electrons. The Morgan fingerprint density at radius 1 is 1.11 bits per heavy atom. The molecule has 0 unspecified atom stereocenters. The topological polar surface area (TPSA) is 75.7 Å². The fraction of sp³-hybridized carbons (Fsp3) is 0.115. The largest absolute Gasteiger partial charge is 0.483 e. The molecule has 0 saturated carbocycles. The number of benzene rings is 3. The summed E-state index contributed by atoms with van der Waals surface area (Å²) in [5.74, 6) is -0.357. The zero-order chi connectivity index (χ0) is 24.9. The molecule has 0 aliphatic carbocycles. The first-order valence-electron chi connectivity index (χ1n) is 10.6. The number of rotatable bonds is 7. The van der Waals surface area contributed by atoms with Crippen LogP contribution in [0.2, 0.25) is 5.02 Å². The highest BCUT2D eigenvalue weighted by molar-refractivity contribution is 9.10. The van der Waals surface area contributed by atoms with Crippen LogP contribution in [-0.4, -0.2) is 28.6 Å². The summed E-state index contributed by atoms with van der Waals surface area (Å²) in [7, 11) is 0. The van der Waals surface area contributed by atoms with Gasteiger partial charge < -0.3 is 10.1 Å². The maximum absolute atomic E-state index is 13.0. The van der Waals surface area contributed by atoms with Gasteiger partial charge in [0, 0.05) is 10.0 Å². The molecule has 1 aliphatic rings. The number of nitrogens with one attached hydrogen (secondary N) is 1. The van der Waals surface area contributed by atoms with E-state index in [-0.39, 0.29) is 35.1 Å². The molecule has 4 rings (SSSR count). The monoisotopic (exact) mass is 570 g/mol. The predicted octanol–water partition coefficient (Wildman–Crippen LogP) is 6.66. The maximum atomic E-state index is 13.0. The number of aryl methyl sites for hydroxylation is 1. The molecule has 1 heterocycles. The number of hydrogen-bond acceptors (Lipinski definition) is 5. The summed E-state index contributed by atoms with van der Waals surface area (Å²) in [5.41, 5.74) is 2.97. The van der Waals surface area contributed by atoms with Gasteiger partial charge in [-0.3, -0.25) is 19.3 Å². The fourth-order valence-corrected chi connectivity index (χ4v) is 4.78. The molecule has 0 aromatic heterocycles. The quantitative estimate of drug-likeness (QED) is 0.321. The molecule has 0 bridgehead atoms. The van der Waals surface area contributed by atoms with E-state index >= 15 is 0 Å². The zero-order valence-electron chi connectivity index (χ0n) is 18.6. The van der Waals surface area contributed by atoms with Gasteiger partial charge in [-0.05, 0) is 66.2 Å². The van der Waals surface area contributed by atoms with E-state index < -0.39 is 0 Å². The lowest BCUT2D eigenvalue weighted by molar-refractivity contribution is -0.123. The lowest BCUT2D eigenvalue weighted by Gasteiger charge is -2.14. The lowest BCUT2D eigenvalue weighted by atomic mass is 10.1. The summed E-state index contributed by atoms with van der Waals surface area (Å²) >= 11 is 10.4. The summed E-state index contributed by atoms with van der Waals surface area (Å²) in [4.78, 5) is 39.5. The number of amides is 3. The third-order valence-electron chi connectivity index (χ3n) is 5.23. The van der Waals surface area contributed by atoms with E-state index in [0.717, 1.165) is 27.4 Å². The molecular formula is C26H20BrClN2O4S. The van der Waals surface area contributed by atoms with Crippen molar-refractivity contribution in [3.8, 4) is 5.75 Å². The van der Waals surface area contributed by atoms with E-state index in [1.54, 1.807) is 48.5 Å². The maximum Gasteiger partial charge on any atom is 0.293 e. The van der Waals surface area contributed by atoms with Crippen molar-refractivity contribution in [2.45, 2.75) is 13.5 Å². The van der Waals surface area contributed by atoms with E-state index in [1.165, 1.54) is 4.90 Å². The molecule has 3 aromatic rings. The highest BCUT2D eigenvalue weighted by Crippen LogP contribution is 2.36. The Balaban J connectivity index is 1.49. The van der Waals surface area contributed by atoms with E-state index in [2.05, 4.69) is 21.2 Å². The number of hydrogen-bond donors (Lipinski definition) is 1. The van der Waals surface area contributed by atoms with Crippen molar-refractivity contribution < 1.29 is 19.1 Å². The SMILES string of the molecule is Cc1ccccc1CN1C(=O)S/C(=C\c2cc(Br)ccc2OCC(=O)Nc2ccccc2Cl)C1=O. The second-order valence-corrected chi connectivity index (χ2v) is 10.0. The Morgan fingerprint density at radius 3 is 2.63 bits per heavy atom. The van der Waals surface area contributed by atoms with Crippen molar-refractivity contribution in [3.05, 3.63) is 97.8 Å². The number of nitrogens with zero attached hydrogens (tertiary/aromatic N) is 1. The predicted molar refractivity (Wildman–Crippen MR) is 142 cm³/mol. The number of imide groups is 1. The third kappa shape index (κ3) is 6.14. The van der Waals surface area contributed by atoms with Crippen LogP contribution in [0.25, 0.3) is 6.08 Å². The van der Waals surface area contributed by atoms with Gasteiger partial charge in [0.25, 0.3) is 17.1 Å². The minimum Gasteiger partial charge on any atom is -0.483 e. The highest BCUT2D eigenvalue weighted by atomic mass is 79.9. The van der Waals surface area contributed by atoms with Crippen LogP contribution >= 0.6 is 39.3 Å². The van der Waals surface area contributed by atoms with Gasteiger partial charge in [-0.25, -0.2) is 0 Å². The van der Waals surface area contributed by atoms with Gasteiger partial charge in [0.1, 0.15) is 5.75 Å². The van der Waals surface area contributed by atoms with Crippen molar-refractivity contribution in [2.75, 3.05) is 11.9 Å². The normalized spacial score (nSPS) is 14.5. The summed E-state index contributed by atoms with van der Waals surface area (Å²) in [6.45, 7) is 1.89. The number of halogens is 2. The van der Waals surface area contributed by atoms with Crippen LogP contribution in [0.5, 0.6) is 5.75 Å². The summed E-state index contributed by atoms with van der Waals surface area (Å²) < 4.78 is 6.50. The summed E-state index contributed by atoms with van der Waals surface area (Å²) in [6, 6.07) is 19.8. The Kier molecular flexibility index (Phi) is 7.95. The van der Waals surface area contributed by atoms with Gasteiger partial charge in [-0.2, -0.15) is 0 Å². The van der Waals surface area contributed by atoms with E-state index in [9.17, 15) is 14.4 Å². The molecule has 178 valence electrons. The fourth-order valence-electron chi connectivity index (χ4n) is 3.39. The smallest absolute Gasteiger partial charge is 0.293 e. The molecule has 1 aliphatic heterocycles. The molecule has 1 saturated heterocycles. The molecule has 6 nitrogen and oxygen atoms in total. The van der Waals surface area contributed by atoms with Crippen molar-refractivity contribution >= 4 is 68.1 Å². The number of anilines is 1. The van der Waals surface area contributed by atoms with Crippen molar-refractivity contribution in [2.24, 2.45) is 0 Å². The molecule has 9 heteroatoms. The zero-order valence-corrected chi connectivity index (χ0v) is 21.7. The van der Waals surface area contributed by atoms with Crippen LogP contribution in [0.1, 0.15) is 16.7 Å². The summed E-state index contributed by atoms with van der Waals surface area (Å²) in [5, 5.41) is 2.79. The van der Waals surface area contributed by atoms with E-state index in [4.69, 9.17) is 16.3 Å². The average molecular weight is 572 g/mol. The third-order valence-corrected chi connectivity index (χ3v) is 6.96. The molecule has 0 spiro atoms. The van der Waals surface area contributed by atoms with Gasteiger partial charge in [0.2, 0.25) is 0 Å². The lowest BCUT2D eigenvalue weighted by Crippen LogP contribution is -2.27. The molecule has 3 aromatic carbocycles. The minimum atomic E-state index is -0.384. The molecular weight excluding hydrogens is 552 g/mol. The molecule has 3 amide bonds. The Bertz CT molecular complexity index is 1340. The van der Waals surface area contributed by atoms with Gasteiger partial charge in [0.15, 0.2) is 6.61 Å². The van der Waals surface area contributed by atoms with E-state index in [1.807, 2.05) is 31.2 Å². The molecule has 35 heavy (non-hydrogen) atoms. The second-order valence-electron chi connectivity index (χ2n) is 7.69. The van der Waals surface area contributed by atoms with E-state index in [0.29, 0.717) is 22.0 Å². The van der Waals surface area contributed by atoms with Gasteiger partial charge in [-0.15, -0.1) is 0 Å². The van der Waals surface area contributed by atoms with Crippen LogP contribution in [-0.2, 0) is 16.1 Å². The number of para-hydroxylation sites is 1. The highest BCUT2D eigenvalue weighted by Gasteiger charge is 2.35. The summed E-state index contributed by atoms with van der Waals surface area (Å²) in [6.07, 6.45) is 1.61. The number of ether oxygens (including phenoxy) is 1. The first kappa shape index (κ1) is 25.0. The minimum absolute atomic E-state index is 0.207. The second kappa shape index (κ2) is 11.1. The first-order chi connectivity index (χ1) is 16.8. The average Bonchev–Trinajstić information content (AvgIpc) is 3.09. The number of thioether (sulfide) groups is 1. The number of carbonyl (C=O) groups excluding carboxylic acids is 3. The Morgan fingerprint density at radius 2 is 1.86 bits per heavy atom. The van der Waals surface area contributed by atoms with Gasteiger partial charge >= 0.3 is 0 Å². The molecule has 0 atom stereocenters. The van der Waals surface area contributed by atoms with Gasteiger partial charge in [-0.1, -0.05) is 63.9 Å². The van der Waals surface area contributed by atoms with Crippen LogP contribution in [0.4, 0.5) is 10.5 Å². The van der Waals surface area contributed by atoms with Crippen LogP contribution in [0.15, 0.2) is 76.1 Å². The van der Waals surface area contributed by atoms with Gasteiger partial charge in [0.05, 0.1) is 22.2 Å². The molecule has 1 N–H and O–H groups in total. The van der Waals surface area contributed by atoms with Crippen LogP contribution < -0.4 is 10.1 Å². The van der Waals surface area contributed by atoms with Crippen LogP contribution in [0, 0.1) is 6.92 Å². The van der Waals surface area contributed by atoms with Crippen molar-refractivity contribution in [1.82, 2.24) is 4.90 Å². The van der Waals surface area contributed by atoms with Crippen molar-refractivity contribution in [1.29, 1.82) is 0 Å². The number of carbonyl (C=O) groups is 3. The Hall–Kier alpha value is -3.07. The Labute approximate surface area is 220 Å². The molecule has 1 fully saturated rings. The standard InChI is InChI=1S/C26H20BrClN2O4S/c1-16-6-2-3-7-17(16)14-30-25(32)23(35-26(30)33)13-18-12-19(27)10-11-22(18)34-15-24(31)29-21-9-5-4-8-20(21)28/h2-13H,14-15H2,1H3,(H,29,31)/b23-13-. The van der Waals surface area contributed by atoms with Crippen molar-refractivity contribution in [3.63, 3.8) is 0 Å². The first-order valence-corrected chi connectivity index (χ1v) is 12.6.